The molecular weight excluding hydrogens is 320 g/mol. The van der Waals surface area contributed by atoms with Gasteiger partial charge in [-0.1, -0.05) is 27.7 Å². The van der Waals surface area contributed by atoms with Crippen molar-refractivity contribution in [3.8, 4) is 0 Å². The van der Waals surface area contributed by atoms with Crippen molar-refractivity contribution in [2.24, 2.45) is 10.7 Å². The Balaban J connectivity index is -0.000000323. The zero-order valence-corrected chi connectivity index (χ0v) is 17.0. The molecule has 0 unspecified atom stereocenters. The Morgan fingerprint density at radius 2 is 1.64 bits per heavy atom. The number of allylic oxidation sites excluding steroid dienone is 1. The minimum atomic E-state index is -0.0882. The number of nitrogens with one attached hydrogen (secondary N) is 2. The van der Waals surface area contributed by atoms with Crippen molar-refractivity contribution >= 4 is 18.0 Å². The number of carbonyl (C=O) groups is 2. The molecule has 0 radical (unpaired) electrons. The number of carbonyl (C=O) groups excluding carboxylic acids is 2. The van der Waals surface area contributed by atoms with Crippen molar-refractivity contribution in [2.45, 2.75) is 60.4 Å². The van der Waals surface area contributed by atoms with Gasteiger partial charge in [0.2, 0.25) is 11.8 Å². The second kappa shape index (κ2) is 22.1. The fourth-order valence-electron chi connectivity index (χ4n) is 1.59. The van der Waals surface area contributed by atoms with Gasteiger partial charge in [0.15, 0.2) is 0 Å². The molecule has 25 heavy (non-hydrogen) atoms. The molecule has 1 rings (SSSR count). The van der Waals surface area contributed by atoms with Gasteiger partial charge in [-0.15, -0.1) is 0 Å². The van der Waals surface area contributed by atoms with Crippen LogP contribution in [-0.4, -0.2) is 50.9 Å². The van der Waals surface area contributed by atoms with Gasteiger partial charge >= 0.3 is 0 Å². The van der Waals surface area contributed by atoms with Crippen LogP contribution in [-0.2, 0) is 14.3 Å². The van der Waals surface area contributed by atoms with E-state index in [1.54, 1.807) is 26.3 Å². The highest BCUT2D eigenvalue weighted by Crippen LogP contribution is 2.05. The van der Waals surface area contributed by atoms with E-state index in [4.69, 9.17) is 10.5 Å². The third kappa shape index (κ3) is 24.5. The van der Waals surface area contributed by atoms with Crippen LogP contribution >= 0.6 is 0 Å². The van der Waals surface area contributed by atoms with Crippen molar-refractivity contribution < 1.29 is 14.3 Å². The summed E-state index contributed by atoms with van der Waals surface area (Å²) < 4.78 is 5.13. The molecule has 0 atom stereocenters. The minimum Gasteiger partial charge on any atom is -0.401 e. The Labute approximate surface area is 153 Å². The lowest BCUT2D eigenvalue weighted by Gasteiger charge is -2.22. The molecule has 0 aromatic heterocycles. The number of nitrogens with zero attached hydrogens (tertiary/aromatic N) is 1. The first-order valence-corrected chi connectivity index (χ1v) is 8.91. The fourth-order valence-corrected chi connectivity index (χ4v) is 1.59. The Morgan fingerprint density at radius 3 is 2.04 bits per heavy atom. The molecule has 1 heterocycles. The lowest BCUT2D eigenvalue weighted by molar-refractivity contribution is -0.120. The van der Waals surface area contributed by atoms with E-state index in [1.165, 1.54) is 6.92 Å². The number of aliphatic imine (C=N–C) groups is 1. The Hall–Kier alpha value is -1.89. The summed E-state index contributed by atoms with van der Waals surface area (Å²) in [6, 6.07) is 0.353. The summed E-state index contributed by atoms with van der Waals surface area (Å²) in [5.41, 5.74) is 6.05. The second-order valence-electron chi connectivity index (χ2n) is 4.65. The molecule has 7 nitrogen and oxygen atoms in total. The molecule has 148 valence electrons. The number of hydrogen-bond acceptors (Lipinski definition) is 5. The van der Waals surface area contributed by atoms with Crippen LogP contribution < -0.4 is 16.4 Å². The van der Waals surface area contributed by atoms with Gasteiger partial charge in [-0.2, -0.15) is 0 Å². The third-order valence-corrected chi connectivity index (χ3v) is 2.61. The standard InChI is InChI=1S/C7H13N3O.C7H13NO2.2C2H6/c1-6(11)10-5-7(8)3-4-9-2;1-6(9)8-7-2-4-10-5-3-7;2*1-2/h3-4H,5,8H2,1-2H3,(H,10,11);7H,2-5H2,1H3,(H,8,9);2*1-2H3/b7-3-,9-4?;;;. The average molecular weight is 359 g/mol. The van der Waals surface area contributed by atoms with Gasteiger partial charge in [0.1, 0.15) is 0 Å². The first-order valence-electron chi connectivity index (χ1n) is 8.91. The quantitative estimate of drug-likeness (QED) is 0.668. The molecule has 1 saturated heterocycles. The van der Waals surface area contributed by atoms with Crippen LogP contribution in [0.4, 0.5) is 0 Å². The SMILES string of the molecule is CC.CC.CC(=O)NC1CCOCC1.CN=C/C=C(\N)CNC(C)=O. The van der Waals surface area contributed by atoms with Gasteiger partial charge in [0.05, 0.1) is 6.54 Å². The first kappa shape index (κ1) is 27.9. The summed E-state index contributed by atoms with van der Waals surface area (Å²) in [4.78, 5) is 24.7. The third-order valence-electron chi connectivity index (χ3n) is 2.61. The van der Waals surface area contributed by atoms with Gasteiger partial charge in [-0.05, 0) is 18.9 Å². The normalized spacial score (nSPS) is 14.0. The highest BCUT2D eigenvalue weighted by Gasteiger charge is 2.13. The fraction of sp³-hybridized carbons (Fsp3) is 0.722. The van der Waals surface area contributed by atoms with E-state index >= 15 is 0 Å². The van der Waals surface area contributed by atoms with Gasteiger partial charge in [0, 0.05) is 52.1 Å². The van der Waals surface area contributed by atoms with E-state index in [1.807, 2.05) is 27.7 Å². The molecule has 7 heteroatoms. The zero-order valence-electron chi connectivity index (χ0n) is 17.0. The monoisotopic (exact) mass is 358 g/mol. The second-order valence-corrected chi connectivity index (χ2v) is 4.65. The summed E-state index contributed by atoms with van der Waals surface area (Å²) >= 11 is 0. The molecular formula is C18H38N4O3. The number of rotatable bonds is 4. The van der Waals surface area contributed by atoms with E-state index in [0.29, 0.717) is 18.3 Å². The van der Waals surface area contributed by atoms with Crippen LogP contribution in [0, 0.1) is 0 Å². The van der Waals surface area contributed by atoms with Gasteiger partial charge < -0.3 is 21.1 Å². The van der Waals surface area contributed by atoms with Crippen molar-refractivity contribution in [1.29, 1.82) is 0 Å². The van der Waals surface area contributed by atoms with Crippen LogP contribution in [0.2, 0.25) is 0 Å². The predicted molar refractivity (Wildman–Crippen MR) is 106 cm³/mol. The van der Waals surface area contributed by atoms with Crippen molar-refractivity contribution in [2.75, 3.05) is 26.8 Å². The predicted octanol–water partition coefficient (Wildman–Crippen LogP) is 2.02. The Kier molecular flexibility index (Phi) is 24.7. The van der Waals surface area contributed by atoms with Crippen molar-refractivity contribution in [3.05, 3.63) is 11.8 Å². The maximum Gasteiger partial charge on any atom is 0.217 e. The summed E-state index contributed by atoms with van der Waals surface area (Å²) in [6.07, 6.45) is 5.15. The highest BCUT2D eigenvalue weighted by atomic mass is 16.5. The van der Waals surface area contributed by atoms with Crippen LogP contribution in [0.5, 0.6) is 0 Å². The average Bonchev–Trinajstić information content (AvgIpc) is 2.62. The first-order chi connectivity index (χ1) is 12.0. The van der Waals surface area contributed by atoms with Crippen LogP contribution in [0.3, 0.4) is 0 Å². The van der Waals surface area contributed by atoms with Crippen LogP contribution in [0.25, 0.3) is 0 Å². The molecule has 2 amide bonds. The topological polar surface area (TPSA) is 106 Å². The van der Waals surface area contributed by atoms with Crippen LogP contribution in [0.1, 0.15) is 54.4 Å². The highest BCUT2D eigenvalue weighted by molar-refractivity contribution is 5.74. The van der Waals surface area contributed by atoms with E-state index in [-0.39, 0.29) is 11.8 Å². The number of ether oxygens (including phenoxy) is 1. The molecule has 1 fully saturated rings. The Morgan fingerprint density at radius 1 is 1.12 bits per heavy atom. The van der Waals surface area contributed by atoms with Gasteiger partial charge in [-0.3, -0.25) is 14.6 Å². The van der Waals surface area contributed by atoms with E-state index in [9.17, 15) is 9.59 Å². The molecule has 0 saturated carbocycles. The summed E-state index contributed by atoms with van der Waals surface area (Å²) in [7, 11) is 1.65. The molecule has 0 aromatic rings. The number of amides is 2. The Bertz CT molecular complexity index is 377. The number of nitrogens with two attached hydrogens (primary N) is 1. The maximum atomic E-state index is 10.6. The zero-order chi connectivity index (χ0) is 20.1. The molecule has 0 aromatic carbocycles. The van der Waals surface area contributed by atoms with Crippen LogP contribution in [0.15, 0.2) is 16.8 Å². The molecule has 0 bridgehead atoms. The summed E-state index contributed by atoms with van der Waals surface area (Å²) in [5.74, 6) is -0.0262. The minimum absolute atomic E-state index is 0.0619. The summed E-state index contributed by atoms with van der Waals surface area (Å²) in [5, 5.41) is 5.42. The largest absolute Gasteiger partial charge is 0.401 e. The van der Waals surface area contributed by atoms with E-state index in [0.717, 1.165) is 26.1 Å². The van der Waals surface area contributed by atoms with Crippen molar-refractivity contribution in [1.82, 2.24) is 10.6 Å². The smallest absolute Gasteiger partial charge is 0.217 e. The van der Waals surface area contributed by atoms with E-state index < -0.39 is 0 Å². The molecule has 0 aliphatic carbocycles. The molecule has 1 aliphatic rings. The molecule has 4 N–H and O–H groups in total. The molecule has 0 spiro atoms. The molecule has 1 aliphatic heterocycles. The summed E-state index contributed by atoms with van der Waals surface area (Å²) in [6.45, 7) is 12.9. The maximum absolute atomic E-state index is 10.6. The lowest BCUT2D eigenvalue weighted by Crippen LogP contribution is -2.37. The van der Waals surface area contributed by atoms with E-state index in [2.05, 4.69) is 15.6 Å². The lowest BCUT2D eigenvalue weighted by atomic mass is 10.1. The van der Waals surface area contributed by atoms with Gasteiger partial charge in [-0.25, -0.2) is 0 Å². The van der Waals surface area contributed by atoms with Gasteiger partial charge in [0.25, 0.3) is 0 Å². The van der Waals surface area contributed by atoms with Crippen molar-refractivity contribution in [3.63, 3.8) is 0 Å². The number of hydrogen-bond donors (Lipinski definition) is 3.